The Morgan fingerprint density at radius 2 is 2.00 bits per heavy atom. The Bertz CT molecular complexity index is 328. The molecule has 6 nitrogen and oxygen atoms in total. The van der Waals surface area contributed by atoms with Crippen molar-refractivity contribution in [2.24, 2.45) is 0 Å². The molecule has 18 heavy (non-hydrogen) atoms. The molecule has 0 spiro atoms. The summed E-state index contributed by atoms with van der Waals surface area (Å²) in [5.74, 6) is 0.178. The van der Waals surface area contributed by atoms with Gasteiger partial charge in [0.2, 0.25) is 10.0 Å². The molecule has 1 N–H and O–H groups in total. The second kappa shape index (κ2) is 7.40. The molecule has 0 aromatic heterocycles. The van der Waals surface area contributed by atoms with Crippen LogP contribution in [-0.4, -0.2) is 82.9 Å². The maximum Gasteiger partial charge on any atom is 0.215 e. The van der Waals surface area contributed by atoms with Crippen LogP contribution in [-0.2, 0) is 14.8 Å². The lowest BCUT2D eigenvalue weighted by Crippen LogP contribution is -2.47. The normalized spacial score (nSPS) is 20.2. The minimum Gasteiger partial charge on any atom is -0.383 e. The fourth-order valence-electron chi connectivity index (χ4n) is 1.94. The van der Waals surface area contributed by atoms with E-state index >= 15 is 0 Å². The fourth-order valence-corrected chi connectivity index (χ4v) is 3.33. The number of hydrogen-bond donors (Lipinski definition) is 1. The van der Waals surface area contributed by atoms with Crippen molar-refractivity contribution in [1.82, 2.24) is 14.5 Å². The van der Waals surface area contributed by atoms with Gasteiger partial charge in [-0.25, -0.2) is 8.42 Å². The highest BCUT2D eigenvalue weighted by Crippen LogP contribution is 2.06. The number of ether oxygens (including phenoxy) is 1. The van der Waals surface area contributed by atoms with Crippen LogP contribution < -0.4 is 5.32 Å². The van der Waals surface area contributed by atoms with Gasteiger partial charge in [-0.05, 0) is 6.92 Å². The van der Waals surface area contributed by atoms with E-state index in [2.05, 4.69) is 10.2 Å². The van der Waals surface area contributed by atoms with Crippen molar-refractivity contribution in [1.29, 1.82) is 0 Å². The number of likely N-dealkylation sites (N-methyl/N-ethyl adjacent to an activating group) is 1. The van der Waals surface area contributed by atoms with Gasteiger partial charge >= 0.3 is 0 Å². The molecule has 1 saturated heterocycles. The van der Waals surface area contributed by atoms with Gasteiger partial charge in [0, 0.05) is 52.9 Å². The zero-order valence-electron chi connectivity index (χ0n) is 11.6. The Morgan fingerprint density at radius 3 is 2.56 bits per heavy atom. The second-order valence-electron chi connectivity index (χ2n) is 4.73. The van der Waals surface area contributed by atoms with Crippen LogP contribution in [0.2, 0.25) is 0 Å². The first-order chi connectivity index (χ1) is 8.47. The molecule has 0 bridgehead atoms. The highest BCUT2D eigenvalue weighted by molar-refractivity contribution is 7.89. The molecule has 1 aliphatic rings. The Kier molecular flexibility index (Phi) is 6.51. The van der Waals surface area contributed by atoms with Gasteiger partial charge < -0.3 is 10.1 Å². The first-order valence-electron chi connectivity index (χ1n) is 6.35. The van der Waals surface area contributed by atoms with Crippen LogP contribution in [0.15, 0.2) is 0 Å². The lowest BCUT2D eigenvalue weighted by atomic mass is 10.4. The molecule has 1 aliphatic heterocycles. The van der Waals surface area contributed by atoms with Gasteiger partial charge in [0.05, 0.1) is 12.4 Å². The highest BCUT2D eigenvalue weighted by atomic mass is 32.2. The number of nitrogens with zero attached hydrogens (tertiary/aromatic N) is 2. The van der Waals surface area contributed by atoms with Crippen LogP contribution in [0.25, 0.3) is 0 Å². The van der Waals surface area contributed by atoms with Gasteiger partial charge in [0.25, 0.3) is 0 Å². The fraction of sp³-hybridized carbons (Fsp3) is 1.00. The molecule has 0 aromatic carbocycles. The molecule has 0 aromatic rings. The highest BCUT2D eigenvalue weighted by Gasteiger charge is 2.24. The Morgan fingerprint density at radius 1 is 1.39 bits per heavy atom. The minimum atomic E-state index is -3.19. The zero-order valence-corrected chi connectivity index (χ0v) is 12.4. The molecule has 0 saturated carbocycles. The van der Waals surface area contributed by atoms with Gasteiger partial charge in [0.15, 0.2) is 0 Å². The van der Waals surface area contributed by atoms with E-state index in [0.29, 0.717) is 13.2 Å². The second-order valence-corrected chi connectivity index (χ2v) is 6.88. The molecular formula is C11H25N3O3S. The van der Waals surface area contributed by atoms with Gasteiger partial charge in [-0.15, -0.1) is 0 Å². The van der Waals surface area contributed by atoms with E-state index in [4.69, 9.17) is 4.74 Å². The third-order valence-electron chi connectivity index (χ3n) is 3.34. The summed E-state index contributed by atoms with van der Waals surface area (Å²) in [6.07, 6.45) is 0. The Balaban J connectivity index is 2.42. The summed E-state index contributed by atoms with van der Waals surface area (Å²) in [5.41, 5.74) is 0. The number of nitrogens with one attached hydrogen (secondary N) is 1. The molecule has 1 unspecified atom stereocenters. The lowest BCUT2D eigenvalue weighted by Gasteiger charge is -2.29. The largest absolute Gasteiger partial charge is 0.383 e. The first-order valence-corrected chi connectivity index (χ1v) is 7.96. The number of hydrogen-bond acceptors (Lipinski definition) is 5. The third kappa shape index (κ3) is 4.81. The van der Waals surface area contributed by atoms with Crippen molar-refractivity contribution < 1.29 is 13.2 Å². The molecule has 0 radical (unpaired) electrons. The molecule has 108 valence electrons. The molecular weight excluding hydrogens is 254 g/mol. The van der Waals surface area contributed by atoms with E-state index in [1.165, 1.54) is 4.31 Å². The Labute approximate surface area is 110 Å². The summed E-state index contributed by atoms with van der Waals surface area (Å²) in [6, 6.07) is -0.122. The molecule has 1 heterocycles. The summed E-state index contributed by atoms with van der Waals surface area (Å²) in [4.78, 5) is 2.18. The summed E-state index contributed by atoms with van der Waals surface area (Å²) in [7, 11) is 0.0130. The van der Waals surface area contributed by atoms with E-state index in [1.54, 1.807) is 14.2 Å². The van der Waals surface area contributed by atoms with E-state index in [9.17, 15) is 8.42 Å². The van der Waals surface area contributed by atoms with E-state index in [-0.39, 0.29) is 11.8 Å². The Hall–Kier alpha value is -0.210. The molecule has 1 fully saturated rings. The van der Waals surface area contributed by atoms with Crippen molar-refractivity contribution in [3.63, 3.8) is 0 Å². The van der Waals surface area contributed by atoms with Crippen LogP contribution in [0.4, 0.5) is 0 Å². The van der Waals surface area contributed by atoms with Gasteiger partial charge in [-0.3, -0.25) is 4.90 Å². The summed E-state index contributed by atoms with van der Waals surface area (Å²) in [5, 5.41) is 3.25. The predicted molar refractivity (Wildman–Crippen MR) is 72.2 cm³/mol. The van der Waals surface area contributed by atoms with Crippen LogP contribution in [0.3, 0.4) is 0 Å². The average Bonchev–Trinajstić information content (AvgIpc) is 2.37. The number of piperazine rings is 1. The maximum absolute atomic E-state index is 12.1. The number of rotatable bonds is 7. The lowest BCUT2D eigenvalue weighted by molar-refractivity contribution is 0.149. The zero-order chi connectivity index (χ0) is 13.6. The van der Waals surface area contributed by atoms with Crippen molar-refractivity contribution >= 4 is 10.0 Å². The van der Waals surface area contributed by atoms with Gasteiger partial charge in [-0.2, -0.15) is 4.31 Å². The van der Waals surface area contributed by atoms with E-state index in [1.807, 2.05) is 6.92 Å². The van der Waals surface area contributed by atoms with Crippen LogP contribution >= 0.6 is 0 Å². The van der Waals surface area contributed by atoms with Crippen LogP contribution in [0.1, 0.15) is 6.92 Å². The quantitative estimate of drug-likeness (QED) is 0.660. The van der Waals surface area contributed by atoms with Crippen molar-refractivity contribution in [2.45, 2.75) is 13.0 Å². The monoisotopic (exact) mass is 279 g/mol. The minimum absolute atomic E-state index is 0.122. The molecule has 0 aliphatic carbocycles. The average molecular weight is 279 g/mol. The number of methoxy groups -OCH3 is 1. The maximum atomic E-state index is 12.1. The van der Waals surface area contributed by atoms with Crippen LogP contribution in [0.5, 0.6) is 0 Å². The topological polar surface area (TPSA) is 61.9 Å². The third-order valence-corrected chi connectivity index (χ3v) is 5.28. The van der Waals surface area contributed by atoms with Gasteiger partial charge in [0.1, 0.15) is 0 Å². The predicted octanol–water partition coefficient (Wildman–Crippen LogP) is -0.812. The molecule has 1 rings (SSSR count). The molecule has 0 amide bonds. The molecule has 7 heteroatoms. The van der Waals surface area contributed by atoms with Crippen molar-refractivity contribution in [3.05, 3.63) is 0 Å². The van der Waals surface area contributed by atoms with E-state index in [0.717, 1.165) is 26.2 Å². The summed E-state index contributed by atoms with van der Waals surface area (Å²) in [6.45, 7) is 6.61. The summed E-state index contributed by atoms with van der Waals surface area (Å²) < 4.78 is 30.6. The van der Waals surface area contributed by atoms with Crippen molar-refractivity contribution in [2.75, 3.05) is 59.2 Å². The van der Waals surface area contributed by atoms with Gasteiger partial charge in [-0.1, -0.05) is 0 Å². The standard InChI is InChI=1S/C11H25N3O3S/c1-11(10-17-3)13(2)18(15,16)9-8-14-6-4-12-5-7-14/h11-12H,4-10H2,1-3H3. The van der Waals surface area contributed by atoms with E-state index < -0.39 is 10.0 Å². The molecule has 1 atom stereocenters. The van der Waals surface area contributed by atoms with Crippen LogP contribution in [0, 0.1) is 0 Å². The summed E-state index contributed by atoms with van der Waals surface area (Å²) >= 11 is 0. The first kappa shape index (κ1) is 15.8. The smallest absolute Gasteiger partial charge is 0.215 e. The SMILES string of the molecule is COCC(C)N(C)S(=O)(=O)CCN1CCNCC1. The van der Waals surface area contributed by atoms with Crippen molar-refractivity contribution in [3.8, 4) is 0 Å². The number of sulfonamides is 1.